The number of esters is 1. The van der Waals surface area contributed by atoms with Gasteiger partial charge in [-0.3, -0.25) is 10.2 Å². The summed E-state index contributed by atoms with van der Waals surface area (Å²) in [6.07, 6.45) is 0.383. The van der Waals surface area contributed by atoms with Crippen molar-refractivity contribution in [2.75, 3.05) is 11.6 Å². The summed E-state index contributed by atoms with van der Waals surface area (Å²) in [6.45, 7) is 1.93. The summed E-state index contributed by atoms with van der Waals surface area (Å²) in [5, 5.41) is 1.86. The number of anilines is 1. The summed E-state index contributed by atoms with van der Waals surface area (Å²) >= 11 is 5.92. The number of ether oxygens (including phenoxy) is 1. The predicted octanol–water partition coefficient (Wildman–Crippen LogP) is 2.76. The molecule has 1 aliphatic heterocycles. The molecule has 26 heavy (non-hydrogen) atoms. The summed E-state index contributed by atoms with van der Waals surface area (Å²) in [5.41, 5.74) is 4.27. The van der Waals surface area contributed by atoms with E-state index in [0.717, 1.165) is 5.56 Å². The molecule has 1 aliphatic rings. The monoisotopic (exact) mass is 371 g/mol. The lowest BCUT2D eigenvalue weighted by Gasteiger charge is -2.31. The molecular formula is C19H18ClN3O3. The number of carbonyl (C=O) groups excluding carboxylic acids is 2. The highest BCUT2D eigenvalue weighted by atomic mass is 35.5. The van der Waals surface area contributed by atoms with Crippen LogP contribution in [-0.2, 0) is 20.7 Å². The first kappa shape index (κ1) is 17.9. The van der Waals surface area contributed by atoms with Crippen LogP contribution in [0.3, 0.4) is 0 Å². The third kappa shape index (κ3) is 4.03. The molecule has 134 valence electrons. The smallest absolute Gasteiger partial charge is 0.375 e. The predicted molar refractivity (Wildman–Crippen MR) is 100 cm³/mol. The molecule has 0 spiro atoms. The van der Waals surface area contributed by atoms with Crippen LogP contribution in [-0.4, -0.2) is 30.4 Å². The van der Waals surface area contributed by atoms with Crippen molar-refractivity contribution in [3.63, 3.8) is 0 Å². The van der Waals surface area contributed by atoms with Crippen LogP contribution in [0, 0.1) is 0 Å². The molecule has 1 amide bonds. The molecule has 0 aliphatic carbocycles. The maximum atomic E-state index is 12.9. The lowest BCUT2D eigenvalue weighted by Crippen LogP contribution is -2.57. The Hall–Kier alpha value is -2.86. The van der Waals surface area contributed by atoms with Crippen LogP contribution in [0.15, 0.2) is 59.6 Å². The van der Waals surface area contributed by atoms with Crippen molar-refractivity contribution in [2.45, 2.75) is 19.4 Å². The van der Waals surface area contributed by atoms with Crippen LogP contribution in [0.2, 0.25) is 5.02 Å². The zero-order chi connectivity index (χ0) is 18.5. The molecule has 1 atom stereocenters. The third-order valence-corrected chi connectivity index (χ3v) is 4.09. The van der Waals surface area contributed by atoms with Crippen LogP contribution in [0.25, 0.3) is 0 Å². The molecule has 1 N–H and O–H groups in total. The number of amidine groups is 1. The molecule has 1 heterocycles. The van der Waals surface area contributed by atoms with Gasteiger partial charge in [-0.1, -0.05) is 41.9 Å². The Labute approximate surface area is 156 Å². The summed E-state index contributed by atoms with van der Waals surface area (Å²) in [5.74, 6) is -0.858. The fraction of sp³-hybridized carbons (Fsp3) is 0.211. The Morgan fingerprint density at radius 3 is 2.54 bits per heavy atom. The number of hydrogen-bond donors (Lipinski definition) is 1. The molecule has 0 bridgehead atoms. The Morgan fingerprint density at radius 2 is 1.88 bits per heavy atom. The molecule has 0 aromatic heterocycles. The Morgan fingerprint density at radius 1 is 1.19 bits per heavy atom. The Bertz CT molecular complexity index is 822. The SMILES string of the molecule is CCOC(=O)C1=NC(Cc2ccccc2)C(=O)N(c2ccc(Cl)cc2)N1. The second-order valence-corrected chi connectivity index (χ2v) is 6.10. The van der Waals surface area contributed by atoms with Crippen LogP contribution in [0.1, 0.15) is 12.5 Å². The number of halogens is 1. The average molecular weight is 372 g/mol. The maximum absolute atomic E-state index is 12.9. The Balaban J connectivity index is 1.92. The first-order valence-corrected chi connectivity index (χ1v) is 8.61. The van der Waals surface area contributed by atoms with E-state index in [-0.39, 0.29) is 18.3 Å². The van der Waals surface area contributed by atoms with Gasteiger partial charge in [0.05, 0.1) is 12.3 Å². The maximum Gasteiger partial charge on any atom is 0.375 e. The van der Waals surface area contributed by atoms with E-state index in [1.54, 1.807) is 31.2 Å². The van der Waals surface area contributed by atoms with Crippen molar-refractivity contribution in [1.29, 1.82) is 0 Å². The van der Waals surface area contributed by atoms with Crippen molar-refractivity contribution < 1.29 is 14.3 Å². The van der Waals surface area contributed by atoms with Crippen LogP contribution < -0.4 is 10.4 Å². The minimum absolute atomic E-state index is 0.00216. The Kier molecular flexibility index (Phi) is 5.53. The highest BCUT2D eigenvalue weighted by Gasteiger charge is 2.34. The molecule has 6 nitrogen and oxygen atoms in total. The van der Waals surface area contributed by atoms with Crippen molar-refractivity contribution in [1.82, 2.24) is 5.43 Å². The quantitative estimate of drug-likeness (QED) is 0.820. The first-order valence-electron chi connectivity index (χ1n) is 8.23. The van der Waals surface area contributed by atoms with Gasteiger partial charge in [0, 0.05) is 11.4 Å². The average Bonchev–Trinajstić information content (AvgIpc) is 2.65. The number of rotatable bonds is 5. The van der Waals surface area contributed by atoms with Crippen LogP contribution >= 0.6 is 11.6 Å². The number of amides is 1. The number of benzene rings is 2. The van der Waals surface area contributed by atoms with Gasteiger partial charge in [-0.25, -0.2) is 14.8 Å². The van der Waals surface area contributed by atoms with E-state index in [2.05, 4.69) is 10.4 Å². The zero-order valence-electron chi connectivity index (χ0n) is 14.2. The fourth-order valence-electron chi connectivity index (χ4n) is 2.60. The highest BCUT2D eigenvalue weighted by molar-refractivity contribution is 6.37. The van der Waals surface area contributed by atoms with Gasteiger partial charge in [0.15, 0.2) is 0 Å². The number of aliphatic imine (C=N–C) groups is 1. The number of nitrogens with one attached hydrogen (secondary N) is 1. The highest BCUT2D eigenvalue weighted by Crippen LogP contribution is 2.21. The normalized spacial score (nSPS) is 16.7. The first-order chi connectivity index (χ1) is 12.6. The van der Waals surface area contributed by atoms with Crippen molar-refractivity contribution in [3.8, 4) is 0 Å². The van der Waals surface area contributed by atoms with E-state index in [1.807, 2.05) is 30.3 Å². The third-order valence-electron chi connectivity index (χ3n) is 3.83. The van der Waals surface area contributed by atoms with E-state index in [0.29, 0.717) is 17.1 Å². The second-order valence-electron chi connectivity index (χ2n) is 5.67. The van der Waals surface area contributed by atoms with Crippen molar-refractivity contribution >= 4 is 35.0 Å². The molecule has 0 radical (unpaired) electrons. The summed E-state index contributed by atoms with van der Waals surface area (Å²) < 4.78 is 5.03. The molecule has 2 aromatic carbocycles. The molecule has 0 fully saturated rings. The van der Waals surface area contributed by atoms with E-state index in [9.17, 15) is 9.59 Å². The number of nitrogens with zero attached hydrogens (tertiary/aromatic N) is 2. The van der Waals surface area contributed by atoms with Gasteiger partial charge in [-0.2, -0.15) is 0 Å². The van der Waals surface area contributed by atoms with Gasteiger partial charge >= 0.3 is 5.97 Å². The van der Waals surface area contributed by atoms with Crippen molar-refractivity contribution in [2.24, 2.45) is 4.99 Å². The largest absolute Gasteiger partial charge is 0.460 e. The minimum atomic E-state index is -0.728. The number of carbonyl (C=O) groups is 2. The molecule has 0 saturated carbocycles. The second kappa shape index (κ2) is 8.01. The molecular weight excluding hydrogens is 354 g/mol. The molecule has 7 heteroatoms. The minimum Gasteiger partial charge on any atom is -0.460 e. The van der Waals surface area contributed by atoms with Crippen LogP contribution in [0.5, 0.6) is 0 Å². The van der Waals surface area contributed by atoms with Gasteiger partial charge < -0.3 is 4.74 Å². The van der Waals surface area contributed by atoms with E-state index in [4.69, 9.17) is 16.3 Å². The fourth-order valence-corrected chi connectivity index (χ4v) is 2.73. The van der Waals surface area contributed by atoms with Crippen LogP contribution in [0.4, 0.5) is 5.69 Å². The molecule has 2 aromatic rings. The molecule has 0 saturated heterocycles. The zero-order valence-corrected chi connectivity index (χ0v) is 14.9. The topological polar surface area (TPSA) is 71.0 Å². The van der Waals surface area contributed by atoms with Gasteiger partial charge in [0.2, 0.25) is 5.84 Å². The summed E-state index contributed by atoms with van der Waals surface area (Å²) in [4.78, 5) is 29.4. The summed E-state index contributed by atoms with van der Waals surface area (Å²) in [7, 11) is 0. The van der Waals surface area contributed by atoms with E-state index < -0.39 is 12.0 Å². The lowest BCUT2D eigenvalue weighted by molar-refractivity contribution is -0.135. The van der Waals surface area contributed by atoms with Gasteiger partial charge in [-0.05, 0) is 36.8 Å². The van der Waals surface area contributed by atoms with E-state index in [1.165, 1.54) is 5.01 Å². The number of hydrazine groups is 1. The van der Waals surface area contributed by atoms with Gasteiger partial charge in [0.25, 0.3) is 5.91 Å². The standard InChI is InChI=1S/C19H18ClN3O3/c1-2-26-19(25)17-21-16(12-13-6-4-3-5-7-13)18(24)23(22-17)15-10-8-14(20)9-11-15/h3-11,16H,2,12H2,1H3,(H,21,22). The lowest BCUT2D eigenvalue weighted by atomic mass is 10.0. The molecule has 3 rings (SSSR count). The summed E-state index contributed by atoms with van der Waals surface area (Å²) in [6, 6.07) is 15.5. The van der Waals surface area contributed by atoms with Crippen molar-refractivity contribution in [3.05, 3.63) is 65.2 Å². The molecule has 1 unspecified atom stereocenters. The van der Waals surface area contributed by atoms with E-state index >= 15 is 0 Å². The van der Waals surface area contributed by atoms with Gasteiger partial charge in [-0.15, -0.1) is 0 Å². The number of hydrogen-bond acceptors (Lipinski definition) is 5. The van der Waals surface area contributed by atoms with Gasteiger partial charge in [0.1, 0.15) is 6.04 Å².